The van der Waals surface area contributed by atoms with Gasteiger partial charge in [-0.1, -0.05) is 32.0 Å². The summed E-state index contributed by atoms with van der Waals surface area (Å²) in [6, 6.07) is 6.93. The Morgan fingerprint density at radius 3 is 2.60 bits per heavy atom. The summed E-state index contributed by atoms with van der Waals surface area (Å²) in [6.07, 6.45) is 5.21. The maximum atomic E-state index is 5.26. The first-order chi connectivity index (χ1) is 7.33. The van der Waals surface area contributed by atoms with Gasteiger partial charge >= 0.3 is 0 Å². The zero-order chi connectivity index (χ0) is 10.7. The molecule has 0 aliphatic carbocycles. The lowest BCUT2D eigenvalue weighted by molar-refractivity contribution is 0.396. The molecule has 0 spiro atoms. The van der Waals surface area contributed by atoms with Gasteiger partial charge in [-0.25, -0.2) is 0 Å². The Labute approximate surface area is 92.5 Å². The van der Waals surface area contributed by atoms with Gasteiger partial charge in [-0.05, 0) is 42.4 Å². The summed E-state index contributed by atoms with van der Waals surface area (Å²) in [5.74, 6) is 0. The highest BCUT2D eigenvalue weighted by atomic mass is 16.6. The zero-order valence-electron chi connectivity index (χ0n) is 9.75. The molecule has 1 fully saturated rings. The van der Waals surface area contributed by atoms with Gasteiger partial charge in [0, 0.05) is 0 Å². The Hall–Kier alpha value is -0.820. The van der Waals surface area contributed by atoms with E-state index in [4.69, 9.17) is 4.74 Å². The van der Waals surface area contributed by atoms with Gasteiger partial charge in [0.2, 0.25) is 0 Å². The summed E-state index contributed by atoms with van der Waals surface area (Å²) in [5, 5.41) is 0. The molecular weight excluding hydrogens is 184 g/mol. The van der Waals surface area contributed by atoms with Crippen molar-refractivity contribution in [2.24, 2.45) is 0 Å². The topological polar surface area (TPSA) is 12.5 Å². The largest absolute Gasteiger partial charge is 0.373 e. The van der Waals surface area contributed by atoms with E-state index >= 15 is 0 Å². The normalized spacial score (nSPS) is 19.2. The molecule has 1 atom stereocenters. The van der Waals surface area contributed by atoms with Crippen LogP contribution >= 0.6 is 0 Å². The molecule has 1 aromatic rings. The lowest BCUT2D eigenvalue weighted by atomic mass is 9.97. The third-order valence-electron chi connectivity index (χ3n) is 3.20. The predicted molar refractivity (Wildman–Crippen MR) is 63.3 cm³/mol. The van der Waals surface area contributed by atoms with Crippen molar-refractivity contribution in [1.82, 2.24) is 0 Å². The van der Waals surface area contributed by atoms with E-state index in [-0.39, 0.29) is 0 Å². The van der Waals surface area contributed by atoms with E-state index in [9.17, 15) is 0 Å². The van der Waals surface area contributed by atoms with E-state index < -0.39 is 0 Å². The Kier molecular flexibility index (Phi) is 3.42. The van der Waals surface area contributed by atoms with E-state index in [0.717, 1.165) is 19.4 Å². The minimum absolute atomic E-state index is 0.556. The highest BCUT2D eigenvalue weighted by molar-refractivity contribution is 5.32. The van der Waals surface area contributed by atoms with Crippen LogP contribution in [-0.2, 0) is 24.0 Å². The fourth-order valence-electron chi connectivity index (χ4n) is 2.03. The minimum Gasteiger partial charge on any atom is -0.373 e. The maximum Gasteiger partial charge on any atom is 0.0813 e. The molecule has 82 valence electrons. The van der Waals surface area contributed by atoms with Crippen molar-refractivity contribution in [2.75, 3.05) is 6.61 Å². The highest BCUT2D eigenvalue weighted by Crippen LogP contribution is 2.20. The zero-order valence-corrected chi connectivity index (χ0v) is 9.75. The van der Waals surface area contributed by atoms with E-state index in [2.05, 4.69) is 32.0 Å². The monoisotopic (exact) mass is 204 g/mol. The van der Waals surface area contributed by atoms with Gasteiger partial charge in [0.1, 0.15) is 0 Å². The van der Waals surface area contributed by atoms with Crippen LogP contribution in [0.5, 0.6) is 0 Å². The predicted octanol–water partition coefficient (Wildman–Crippen LogP) is 3.14. The average Bonchev–Trinajstić information content (AvgIpc) is 3.09. The van der Waals surface area contributed by atoms with Gasteiger partial charge in [0.05, 0.1) is 12.7 Å². The van der Waals surface area contributed by atoms with E-state index in [0.29, 0.717) is 6.10 Å². The number of rotatable bonds is 5. The Morgan fingerprint density at radius 1 is 1.20 bits per heavy atom. The molecule has 1 unspecified atom stereocenters. The standard InChI is InChI=1S/C14H20O/c1-3-11-5-6-12(4-2)13(9-11)7-8-14-10-15-14/h5-6,9,14H,3-4,7-8,10H2,1-2H3. The lowest BCUT2D eigenvalue weighted by Crippen LogP contribution is -1.98. The summed E-state index contributed by atoms with van der Waals surface area (Å²) in [7, 11) is 0. The van der Waals surface area contributed by atoms with Gasteiger partial charge in [-0.3, -0.25) is 0 Å². The molecule has 0 aromatic heterocycles. The van der Waals surface area contributed by atoms with E-state index in [1.807, 2.05) is 0 Å². The fraction of sp³-hybridized carbons (Fsp3) is 0.571. The lowest BCUT2D eigenvalue weighted by Gasteiger charge is -2.09. The van der Waals surface area contributed by atoms with Crippen LogP contribution in [-0.4, -0.2) is 12.7 Å². The molecule has 1 aliphatic rings. The van der Waals surface area contributed by atoms with Crippen molar-refractivity contribution in [3.8, 4) is 0 Å². The number of aryl methyl sites for hydroxylation is 3. The first-order valence-corrected chi connectivity index (χ1v) is 6.05. The van der Waals surface area contributed by atoms with Gasteiger partial charge < -0.3 is 4.74 Å². The molecule has 0 bridgehead atoms. The first kappa shape index (κ1) is 10.7. The number of hydrogen-bond donors (Lipinski definition) is 0. The molecule has 15 heavy (non-hydrogen) atoms. The SMILES string of the molecule is CCc1ccc(CC)c(CCC2CO2)c1. The molecular formula is C14H20O. The number of ether oxygens (including phenoxy) is 1. The Morgan fingerprint density at radius 2 is 2.00 bits per heavy atom. The van der Waals surface area contributed by atoms with Crippen LogP contribution in [0.4, 0.5) is 0 Å². The Bertz CT molecular complexity index is 326. The second-order valence-electron chi connectivity index (χ2n) is 4.30. The van der Waals surface area contributed by atoms with Crippen LogP contribution in [0, 0.1) is 0 Å². The first-order valence-electron chi connectivity index (χ1n) is 6.05. The highest BCUT2D eigenvalue weighted by Gasteiger charge is 2.21. The van der Waals surface area contributed by atoms with Gasteiger partial charge in [-0.2, -0.15) is 0 Å². The molecule has 1 nitrogen and oxygen atoms in total. The molecule has 0 amide bonds. The van der Waals surface area contributed by atoms with Crippen LogP contribution in [0.15, 0.2) is 18.2 Å². The average molecular weight is 204 g/mol. The van der Waals surface area contributed by atoms with Crippen LogP contribution in [0.1, 0.15) is 37.0 Å². The number of epoxide rings is 1. The van der Waals surface area contributed by atoms with Crippen molar-refractivity contribution in [2.45, 2.75) is 45.6 Å². The third kappa shape index (κ3) is 2.82. The van der Waals surface area contributed by atoms with Crippen LogP contribution < -0.4 is 0 Å². The molecule has 0 N–H and O–H groups in total. The van der Waals surface area contributed by atoms with E-state index in [1.54, 1.807) is 0 Å². The molecule has 1 aliphatic heterocycles. The third-order valence-corrected chi connectivity index (χ3v) is 3.20. The van der Waals surface area contributed by atoms with Crippen LogP contribution in [0.25, 0.3) is 0 Å². The van der Waals surface area contributed by atoms with Crippen molar-refractivity contribution in [3.05, 3.63) is 34.9 Å². The number of benzene rings is 1. The smallest absolute Gasteiger partial charge is 0.0813 e. The second kappa shape index (κ2) is 4.80. The summed E-state index contributed by atoms with van der Waals surface area (Å²) in [4.78, 5) is 0. The van der Waals surface area contributed by atoms with Crippen molar-refractivity contribution in [1.29, 1.82) is 0 Å². The molecule has 1 saturated heterocycles. The quantitative estimate of drug-likeness (QED) is 0.671. The van der Waals surface area contributed by atoms with Crippen molar-refractivity contribution >= 4 is 0 Å². The van der Waals surface area contributed by atoms with Crippen LogP contribution in [0.3, 0.4) is 0 Å². The van der Waals surface area contributed by atoms with Gasteiger partial charge in [-0.15, -0.1) is 0 Å². The summed E-state index contributed by atoms with van der Waals surface area (Å²) < 4.78 is 5.26. The molecule has 0 radical (unpaired) electrons. The fourth-order valence-corrected chi connectivity index (χ4v) is 2.03. The van der Waals surface area contributed by atoms with Gasteiger partial charge in [0.15, 0.2) is 0 Å². The van der Waals surface area contributed by atoms with Crippen LogP contribution in [0.2, 0.25) is 0 Å². The summed E-state index contributed by atoms with van der Waals surface area (Å²) in [5.41, 5.74) is 4.50. The molecule has 1 aromatic carbocycles. The van der Waals surface area contributed by atoms with Gasteiger partial charge in [0.25, 0.3) is 0 Å². The van der Waals surface area contributed by atoms with E-state index in [1.165, 1.54) is 29.5 Å². The second-order valence-corrected chi connectivity index (χ2v) is 4.30. The minimum atomic E-state index is 0.556. The Balaban J connectivity index is 2.08. The van der Waals surface area contributed by atoms with Crippen molar-refractivity contribution in [3.63, 3.8) is 0 Å². The number of hydrogen-bond acceptors (Lipinski definition) is 1. The molecule has 1 heterocycles. The summed E-state index contributed by atoms with van der Waals surface area (Å²) in [6.45, 7) is 5.43. The van der Waals surface area contributed by atoms with Crippen molar-refractivity contribution < 1.29 is 4.74 Å². The summed E-state index contributed by atoms with van der Waals surface area (Å²) >= 11 is 0. The molecule has 2 rings (SSSR count). The molecule has 0 saturated carbocycles. The maximum absolute atomic E-state index is 5.26. The molecule has 1 heteroatoms.